The highest BCUT2D eigenvalue weighted by molar-refractivity contribution is 6.22. The van der Waals surface area contributed by atoms with Gasteiger partial charge in [-0.1, -0.05) is 97.1 Å². The van der Waals surface area contributed by atoms with Gasteiger partial charge in [-0.3, -0.25) is 4.57 Å². The summed E-state index contributed by atoms with van der Waals surface area (Å²) in [6.07, 6.45) is 1.87. The zero-order chi connectivity index (χ0) is 25.5. The van der Waals surface area contributed by atoms with Crippen molar-refractivity contribution in [2.24, 2.45) is 0 Å². The van der Waals surface area contributed by atoms with Crippen LogP contribution >= 0.6 is 0 Å². The van der Waals surface area contributed by atoms with Gasteiger partial charge in [0.25, 0.3) is 0 Å². The lowest BCUT2D eigenvalue weighted by Crippen LogP contribution is -1.97. The highest BCUT2D eigenvalue weighted by Crippen LogP contribution is 2.49. The molecule has 2 heteroatoms. The molecule has 9 rings (SSSR count). The fourth-order valence-corrected chi connectivity index (χ4v) is 6.75. The Morgan fingerprint density at radius 2 is 1.21 bits per heavy atom. The van der Waals surface area contributed by atoms with E-state index in [2.05, 4.69) is 126 Å². The van der Waals surface area contributed by atoms with Gasteiger partial charge in [0, 0.05) is 22.4 Å². The van der Waals surface area contributed by atoms with Crippen LogP contribution in [-0.2, 0) is 0 Å². The van der Waals surface area contributed by atoms with Crippen LogP contribution in [0.4, 0.5) is 0 Å². The minimum Gasteiger partial charge on any atom is -0.293 e. The quantitative estimate of drug-likeness (QED) is 0.234. The van der Waals surface area contributed by atoms with Crippen molar-refractivity contribution in [2.75, 3.05) is 0 Å². The highest BCUT2D eigenvalue weighted by Gasteiger charge is 2.23. The van der Waals surface area contributed by atoms with Crippen LogP contribution in [0.25, 0.3) is 82.5 Å². The van der Waals surface area contributed by atoms with Gasteiger partial charge in [-0.15, -0.1) is 0 Å². The number of fused-ring (bicyclic) bond motifs is 8. The molecule has 0 amide bonds. The van der Waals surface area contributed by atoms with Crippen molar-refractivity contribution in [2.45, 2.75) is 0 Å². The molecule has 1 aliphatic carbocycles. The van der Waals surface area contributed by atoms with E-state index in [9.17, 15) is 0 Å². The van der Waals surface area contributed by atoms with Crippen molar-refractivity contribution in [1.82, 2.24) is 9.55 Å². The fourth-order valence-electron chi connectivity index (χ4n) is 6.75. The van der Waals surface area contributed by atoms with Crippen LogP contribution in [0.15, 0.2) is 134 Å². The van der Waals surface area contributed by atoms with Gasteiger partial charge in [-0.2, -0.15) is 0 Å². The number of nitrogens with zero attached hydrogens (tertiary/aromatic N) is 2. The molecule has 0 unspecified atom stereocenters. The lowest BCUT2D eigenvalue weighted by Gasteiger charge is -2.13. The summed E-state index contributed by atoms with van der Waals surface area (Å²) in [4.78, 5) is 4.75. The second-order valence-electron chi connectivity index (χ2n) is 10.4. The Morgan fingerprint density at radius 3 is 2.03 bits per heavy atom. The molecule has 180 valence electrons. The number of aromatic nitrogens is 2. The molecule has 0 aliphatic heterocycles. The number of para-hydroxylation sites is 1. The SMILES string of the molecule is c1ccc(-n2c3ccccc3c3cc(-c4ccc5c(c4)-c4cccc6cccc-5c46)c4ccccc4c32)nc1. The molecular weight excluding hydrogens is 472 g/mol. The summed E-state index contributed by atoms with van der Waals surface area (Å²) in [5.74, 6) is 0.935. The van der Waals surface area contributed by atoms with Gasteiger partial charge >= 0.3 is 0 Å². The van der Waals surface area contributed by atoms with Gasteiger partial charge in [0.05, 0.1) is 11.0 Å². The van der Waals surface area contributed by atoms with Gasteiger partial charge in [0.1, 0.15) is 5.82 Å². The highest BCUT2D eigenvalue weighted by atomic mass is 15.1. The molecule has 1 aliphatic rings. The molecule has 0 N–H and O–H groups in total. The van der Waals surface area contributed by atoms with E-state index in [1.807, 2.05) is 12.3 Å². The third-order valence-corrected chi connectivity index (χ3v) is 8.37. The number of hydrogen-bond donors (Lipinski definition) is 0. The summed E-state index contributed by atoms with van der Waals surface area (Å²) in [5.41, 5.74) is 10.2. The summed E-state index contributed by atoms with van der Waals surface area (Å²) in [6.45, 7) is 0. The predicted molar refractivity (Wildman–Crippen MR) is 163 cm³/mol. The van der Waals surface area contributed by atoms with Crippen molar-refractivity contribution < 1.29 is 0 Å². The maximum absolute atomic E-state index is 4.75. The predicted octanol–water partition coefficient (Wildman–Crippen LogP) is 9.80. The van der Waals surface area contributed by atoms with Crippen LogP contribution in [0.5, 0.6) is 0 Å². The van der Waals surface area contributed by atoms with Crippen molar-refractivity contribution >= 4 is 43.4 Å². The van der Waals surface area contributed by atoms with E-state index >= 15 is 0 Å². The van der Waals surface area contributed by atoms with Crippen molar-refractivity contribution in [3.8, 4) is 39.2 Å². The summed E-state index contributed by atoms with van der Waals surface area (Å²) >= 11 is 0. The first-order valence-corrected chi connectivity index (χ1v) is 13.4. The van der Waals surface area contributed by atoms with Crippen LogP contribution in [0.2, 0.25) is 0 Å². The lowest BCUT2D eigenvalue weighted by atomic mass is 9.92. The topological polar surface area (TPSA) is 17.8 Å². The van der Waals surface area contributed by atoms with E-state index in [0.717, 1.165) is 5.82 Å². The molecule has 0 fully saturated rings. The third kappa shape index (κ3) is 2.78. The summed E-state index contributed by atoms with van der Waals surface area (Å²) in [5, 5.41) is 7.64. The van der Waals surface area contributed by atoms with E-state index in [0.29, 0.717) is 0 Å². The Labute approximate surface area is 225 Å². The van der Waals surface area contributed by atoms with E-state index in [1.165, 1.54) is 76.7 Å². The number of benzene rings is 6. The minimum absolute atomic E-state index is 0.935. The number of rotatable bonds is 2. The van der Waals surface area contributed by atoms with Crippen LogP contribution in [0, 0.1) is 0 Å². The Hall–Kier alpha value is -5.21. The second kappa shape index (κ2) is 7.66. The standard InChI is InChI=1S/C37H22N2/c1-2-13-30-25(11-1)31(22-33-27-12-3-4-16-34(27)39(37(30)33)35-17-5-6-20-38-35)24-18-19-26-28-14-7-9-23-10-8-15-29(36(23)28)32(26)21-24/h1-22H. The molecule has 39 heavy (non-hydrogen) atoms. The van der Waals surface area contributed by atoms with E-state index in [4.69, 9.17) is 4.98 Å². The zero-order valence-electron chi connectivity index (χ0n) is 21.1. The molecular formula is C37H22N2. The normalized spacial score (nSPS) is 12.1. The van der Waals surface area contributed by atoms with Gasteiger partial charge in [-0.25, -0.2) is 4.98 Å². The molecule has 0 atom stereocenters. The summed E-state index contributed by atoms with van der Waals surface area (Å²) in [7, 11) is 0. The molecule has 0 bridgehead atoms. The number of pyridine rings is 1. The first-order chi connectivity index (χ1) is 19.4. The van der Waals surface area contributed by atoms with Crippen molar-refractivity contribution in [3.05, 3.63) is 134 Å². The fraction of sp³-hybridized carbons (Fsp3) is 0. The maximum Gasteiger partial charge on any atom is 0.137 e. The van der Waals surface area contributed by atoms with E-state index in [1.54, 1.807) is 0 Å². The lowest BCUT2D eigenvalue weighted by molar-refractivity contribution is 1.08. The Morgan fingerprint density at radius 1 is 0.462 bits per heavy atom. The van der Waals surface area contributed by atoms with Gasteiger partial charge in [0.15, 0.2) is 0 Å². The third-order valence-electron chi connectivity index (χ3n) is 8.37. The average molecular weight is 495 g/mol. The number of hydrogen-bond acceptors (Lipinski definition) is 1. The molecule has 6 aromatic carbocycles. The minimum atomic E-state index is 0.935. The van der Waals surface area contributed by atoms with Crippen LogP contribution < -0.4 is 0 Å². The maximum atomic E-state index is 4.75. The first kappa shape index (κ1) is 20.8. The molecule has 0 saturated heterocycles. The largest absolute Gasteiger partial charge is 0.293 e. The van der Waals surface area contributed by atoms with Crippen molar-refractivity contribution in [3.63, 3.8) is 0 Å². The first-order valence-electron chi connectivity index (χ1n) is 13.4. The molecule has 2 heterocycles. The van der Waals surface area contributed by atoms with E-state index < -0.39 is 0 Å². The Balaban J connectivity index is 1.38. The van der Waals surface area contributed by atoms with Crippen molar-refractivity contribution in [1.29, 1.82) is 0 Å². The Bertz CT molecular complexity index is 2270. The zero-order valence-corrected chi connectivity index (χ0v) is 21.1. The molecule has 0 spiro atoms. The molecule has 0 saturated carbocycles. The molecule has 8 aromatic rings. The van der Waals surface area contributed by atoms with Crippen LogP contribution in [-0.4, -0.2) is 9.55 Å². The van der Waals surface area contributed by atoms with Crippen LogP contribution in [0.1, 0.15) is 0 Å². The molecule has 2 nitrogen and oxygen atoms in total. The Kier molecular flexibility index (Phi) is 4.08. The van der Waals surface area contributed by atoms with Gasteiger partial charge in [-0.05, 0) is 79.9 Å². The summed E-state index contributed by atoms with van der Waals surface area (Å²) in [6, 6.07) is 46.3. The second-order valence-corrected chi connectivity index (χ2v) is 10.4. The smallest absolute Gasteiger partial charge is 0.137 e. The average Bonchev–Trinajstić information content (AvgIpc) is 3.51. The monoisotopic (exact) mass is 494 g/mol. The van der Waals surface area contributed by atoms with Gasteiger partial charge in [0.2, 0.25) is 0 Å². The van der Waals surface area contributed by atoms with Crippen LogP contribution in [0.3, 0.4) is 0 Å². The molecule has 2 aromatic heterocycles. The van der Waals surface area contributed by atoms with E-state index in [-0.39, 0.29) is 0 Å². The van der Waals surface area contributed by atoms with Gasteiger partial charge < -0.3 is 0 Å². The summed E-state index contributed by atoms with van der Waals surface area (Å²) < 4.78 is 2.32. The molecule has 0 radical (unpaired) electrons.